The van der Waals surface area contributed by atoms with E-state index in [4.69, 9.17) is 11.6 Å². The van der Waals surface area contributed by atoms with Crippen LogP contribution in [0.3, 0.4) is 0 Å². The average molecular weight is 332 g/mol. The molecule has 0 spiro atoms. The first-order valence-corrected chi connectivity index (χ1v) is 8.35. The van der Waals surface area contributed by atoms with Gasteiger partial charge in [-0.15, -0.1) is 35.3 Å². The summed E-state index contributed by atoms with van der Waals surface area (Å²) in [5.41, 5.74) is 2.86. The van der Waals surface area contributed by atoms with E-state index in [1.165, 1.54) is 21.2 Å². The quantitative estimate of drug-likeness (QED) is 0.631. The van der Waals surface area contributed by atoms with E-state index in [9.17, 15) is 0 Å². The molecule has 0 atom stereocenters. The third-order valence-electron chi connectivity index (χ3n) is 3.59. The van der Waals surface area contributed by atoms with Gasteiger partial charge in [0.05, 0.1) is 0 Å². The van der Waals surface area contributed by atoms with E-state index in [0.717, 1.165) is 19.6 Å². The molecular weight excluding hydrogens is 309 g/mol. The zero-order valence-corrected chi connectivity index (χ0v) is 14.7. The first-order chi connectivity index (χ1) is 9.15. The fourth-order valence-electron chi connectivity index (χ4n) is 2.29. The molecule has 1 aromatic carbocycles. The van der Waals surface area contributed by atoms with Gasteiger partial charge in [0.25, 0.3) is 0 Å². The fourth-order valence-corrected chi connectivity index (χ4v) is 3.46. The summed E-state index contributed by atoms with van der Waals surface area (Å²) in [5, 5.41) is 3.72. The first kappa shape index (κ1) is 17.8. The summed E-state index contributed by atoms with van der Waals surface area (Å²) in [6.07, 6.45) is 0. The highest BCUT2D eigenvalue weighted by atomic mass is 35.5. The van der Waals surface area contributed by atoms with Crippen molar-refractivity contribution in [1.82, 2.24) is 4.90 Å². The number of fused-ring (bicyclic) bond motifs is 1. The summed E-state index contributed by atoms with van der Waals surface area (Å²) in [7, 11) is 0. The topological polar surface area (TPSA) is 3.24 Å². The number of thiophene rings is 1. The molecule has 1 heterocycles. The number of hydrogen-bond acceptors (Lipinski definition) is 2. The van der Waals surface area contributed by atoms with Crippen molar-refractivity contribution in [2.24, 2.45) is 0 Å². The Kier molecular flexibility index (Phi) is 7.32. The Bertz CT molecular complexity index is 536. The summed E-state index contributed by atoms with van der Waals surface area (Å²) in [6.45, 7) is 9.71. The molecule has 0 saturated carbocycles. The van der Waals surface area contributed by atoms with Crippen LogP contribution < -0.4 is 0 Å². The second-order valence-electron chi connectivity index (χ2n) is 5.23. The second-order valence-corrected chi connectivity index (χ2v) is 6.52. The van der Waals surface area contributed by atoms with Gasteiger partial charge in [-0.2, -0.15) is 0 Å². The van der Waals surface area contributed by atoms with E-state index in [-0.39, 0.29) is 12.4 Å². The molecule has 0 fully saturated rings. The lowest BCUT2D eigenvalue weighted by atomic mass is 10.0. The summed E-state index contributed by atoms with van der Waals surface area (Å²) in [5.74, 6) is 1.29. The number of rotatable bonds is 6. The van der Waals surface area contributed by atoms with Gasteiger partial charge in [-0.1, -0.05) is 26.8 Å². The molecule has 2 aromatic rings. The molecule has 1 nitrogen and oxygen atoms in total. The van der Waals surface area contributed by atoms with E-state index in [0.29, 0.717) is 11.8 Å². The normalized spacial score (nSPS) is 11.3. The molecule has 1 aromatic heterocycles. The molecule has 2 rings (SSSR count). The molecule has 0 saturated heterocycles. The van der Waals surface area contributed by atoms with Crippen LogP contribution in [0.5, 0.6) is 0 Å². The molecule has 0 amide bonds. The molecule has 112 valence electrons. The maximum Gasteiger partial charge on any atom is 0.0351 e. The fraction of sp³-hybridized carbons (Fsp3) is 0.500. The van der Waals surface area contributed by atoms with Crippen molar-refractivity contribution in [3.8, 4) is 0 Å². The van der Waals surface area contributed by atoms with Crippen LogP contribution in [-0.2, 0) is 6.54 Å². The maximum atomic E-state index is 5.86. The van der Waals surface area contributed by atoms with Crippen molar-refractivity contribution in [1.29, 1.82) is 0 Å². The lowest BCUT2D eigenvalue weighted by Crippen LogP contribution is -2.24. The van der Waals surface area contributed by atoms with E-state index >= 15 is 0 Å². The standard InChI is InChI=1S/C16H22ClNS.ClH/c1-4-18(8-7-17)10-14-11-19-16-6-5-13(12(2)3)9-15(14)16;/h5-6,9,11-12H,4,7-8,10H2,1-3H3;1H. The van der Waals surface area contributed by atoms with Crippen LogP contribution in [0.15, 0.2) is 23.6 Å². The van der Waals surface area contributed by atoms with Gasteiger partial charge >= 0.3 is 0 Å². The molecule has 0 aliphatic rings. The lowest BCUT2D eigenvalue weighted by molar-refractivity contribution is 0.299. The van der Waals surface area contributed by atoms with Crippen molar-refractivity contribution in [2.75, 3.05) is 19.0 Å². The highest BCUT2D eigenvalue weighted by Crippen LogP contribution is 2.30. The van der Waals surface area contributed by atoms with Crippen LogP contribution in [0.4, 0.5) is 0 Å². The van der Waals surface area contributed by atoms with Crippen LogP contribution in [0.2, 0.25) is 0 Å². The zero-order chi connectivity index (χ0) is 13.8. The Morgan fingerprint density at radius 1 is 1.30 bits per heavy atom. The van der Waals surface area contributed by atoms with Gasteiger partial charge in [0, 0.05) is 23.7 Å². The highest BCUT2D eigenvalue weighted by molar-refractivity contribution is 7.17. The van der Waals surface area contributed by atoms with Crippen LogP contribution in [0, 0.1) is 0 Å². The van der Waals surface area contributed by atoms with Crippen molar-refractivity contribution in [3.05, 3.63) is 34.7 Å². The van der Waals surface area contributed by atoms with Gasteiger partial charge < -0.3 is 0 Å². The number of halogens is 2. The number of benzene rings is 1. The van der Waals surface area contributed by atoms with E-state index in [2.05, 4.69) is 49.3 Å². The van der Waals surface area contributed by atoms with Crippen molar-refractivity contribution < 1.29 is 0 Å². The largest absolute Gasteiger partial charge is 0.298 e. The molecule has 0 radical (unpaired) electrons. The summed E-state index contributed by atoms with van der Waals surface area (Å²) in [6, 6.07) is 6.88. The van der Waals surface area contributed by atoms with Crippen molar-refractivity contribution >= 4 is 45.4 Å². The SMILES string of the molecule is CCN(CCCl)Cc1csc2ccc(C(C)C)cc12.Cl. The third kappa shape index (κ3) is 4.11. The molecule has 0 aliphatic carbocycles. The third-order valence-corrected chi connectivity index (χ3v) is 4.77. The Hall–Kier alpha value is -0.280. The highest BCUT2D eigenvalue weighted by Gasteiger charge is 2.10. The molecule has 4 heteroatoms. The number of alkyl halides is 1. The molecule has 0 bridgehead atoms. The minimum atomic E-state index is 0. The summed E-state index contributed by atoms with van der Waals surface area (Å²) in [4.78, 5) is 2.40. The van der Waals surface area contributed by atoms with Gasteiger partial charge in [-0.05, 0) is 46.5 Å². The van der Waals surface area contributed by atoms with Gasteiger partial charge in [0.15, 0.2) is 0 Å². The molecule has 0 aliphatic heterocycles. The minimum Gasteiger partial charge on any atom is -0.298 e. The van der Waals surface area contributed by atoms with Gasteiger partial charge in [-0.25, -0.2) is 0 Å². The van der Waals surface area contributed by atoms with Crippen LogP contribution in [-0.4, -0.2) is 23.9 Å². The predicted octanol–water partition coefficient (Wildman–Crippen LogP) is 5.51. The Labute approximate surface area is 137 Å². The van der Waals surface area contributed by atoms with Crippen LogP contribution >= 0.6 is 35.3 Å². The van der Waals surface area contributed by atoms with Gasteiger partial charge in [-0.3, -0.25) is 4.90 Å². The molecule has 0 unspecified atom stereocenters. The summed E-state index contributed by atoms with van der Waals surface area (Å²) >= 11 is 7.71. The first-order valence-electron chi connectivity index (χ1n) is 6.94. The summed E-state index contributed by atoms with van der Waals surface area (Å²) < 4.78 is 1.39. The van der Waals surface area contributed by atoms with Crippen molar-refractivity contribution in [3.63, 3.8) is 0 Å². The average Bonchev–Trinajstić information content (AvgIpc) is 2.80. The monoisotopic (exact) mass is 331 g/mol. The van der Waals surface area contributed by atoms with Crippen LogP contribution in [0.1, 0.15) is 37.8 Å². The zero-order valence-electron chi connectivity index (χ0n) is 12.4. The predicted molar refractivity (Wildman–Crippen MR) is 94.8 cm³/mol. The second kappa shape index (κ2) is 8.23. The Morgan fingerprint density at radius 2 is 2.05 bits per heavy atom. The molecule has 20 heavy (non-hydrogen) atoms. The van der Waals surface area contributed by atoms with Gasteiger partial charge in [0.2, 0.25) is 0 Å². The maximum absolute atomic E-state index is 5.86. The number of hydrogen-bond donors (Lipinski definition) is 0. The molecular formula is C16H23Cl2NS. The van der Waals surface area contributed by atoms with E-state index in [1.54, 1.807) is 0 Å². The van der Waals surface area contributed by atoms with E-state index < -0.39 is 0 Å². The Balaban J connectivity index is 0.00000200. The Morgan fingerprint density at radius 3 is 2.65 bits per heavy atom. The molecule has 0 N–H and O–H groups in total. The van der Waals surface area contributed by atoms with E-state index in [1.807, 2.05) is 11.3 Å². The van der Waals surface area contributed by atoms with Crippen molar-refractivity contribution in [2.45, 2.75) is 33.2 Å². The van der Waals surface area contributed by atoms with Crippen LogP contribution in [0.25, 0.3) is 10.1 Å². The smallest absolute Gasteiger partial charge is 0.0351 e. The van der Waals surface area contributed by atoms with Gasteiger partial charge in [0.1, 0.15) is 0 Å². The number of nitrogens with zero attached hydrogens (tertiary/aromatic N) is 1. The lowest BCUT2D eigenvalue weighted by Gasteiger charge is -2.18. The minimum absolute atomic E-state index is 0.